The molecule has 1 unspecified atom stereocenters. The lowest BCUT2D eigenvalue weighted by atomic mass is 10.1. The number of carbonyl (C=O) groups excluding carboxylic acids is 1. The Kier molecular flexibility index (Phi) is 2.76. The van der Waals surface area contributed by atoms with E-state index >= 15 is 0 Å². The van der Waals surface area contributed by atoms with Crippen molar-refractivity contribution in [2.24, 2.45) is 0 Å². The molecule has 2 rings (SSSR count). The van der Waals surface area contributed by atoms with E-state index < -0.39 is 12.1 Å². The van der Waals surface area contributed by atoms with Crippen LogP contribution >= 0.6 is 0 Å². The number of cyclic esters (lactones) is 1. The van der Waals surface area contributed by atoms with E-state index in [0.29, 0.717) is 0 Å². The van der Waals surface area contributed by atoms with Crippen LogP contribution in [-0.2, 0) is 9.53 Å². The van der Waals surface area contributed by atoms with E-state index in [2.05, 4.69) is 0 Å². The van der Waals surface area contributed by atoms with Crippen LogP contribution in [0.15, 0.2) is 30.3 Å². The largest absolute Gasteiger partial charge is 0.480 e. The first-order chi connectivity index (χ1) is 7.66. The number of carbonyl (C=O) groups is 2. The molecule has 1 amide bonds. The molecule has 5 heteroatoms. The standard InChI is InChI=1S/C11H11NO4/c13-10(14)7-12-6-9(16-11(12)15)8-4-2-1-3-5-8/h1-5,9H,6-7H2,(H,13,14). The van der Waals surface area contributed by atoms with Crippen molar-refractivity contribution in [3.63, 3.8) is 0 Å². The van der Waals surface area contributed by atoms with Crippen molar-refractivity contribution in [3.05, 3.63) is 35.9 Å². The highest BCUT2D eigenvalue weighted by Gasteiger charge is 2.33. The van der Waals surface area contributed by atoms with Crippen LogP contribution in [0.25, 0.3) is 0 Å². The Morgan fingerprint density at radius 1 is 1.44 bits per heavy atom. The first kappa shape index (κ1) is 10.5. The predicted molar refractivity (Wildman–Crippen MR) is 54.9 cm³/mol. The van der Waals surface area contributed by atoms with Gasteiger partial charge in [-0.1, -0.05) is 30.3 Å². The molecule has 1 N–H and O–H groups in total. The van der Waals surface area contributed by atoms with Crippen LogP contribution in [0.1, 0.15) is 11.7 Å². The molecule has 1 aliphatic rings. The van der Waals surface area contributed by atoms with Crippen LogP contribution in [0.5, 0.6) is 0 Å². The molecule has 84 valence electrons. The second-order valence-electron chi connectivity index (χ2n) is 3.56. The number of benzene rings is 1. The number of amides is 1. The van der Waals surface area contributed by atoms with Gasteiger partial charge in [0.25, 0.3) is 0 Å². The van der Waals surface area contributed by atoms with E-state index in [1.165, 1.54) is 4.90 Å². The Bertz CT molecular complexity index is 404. The molecule has 0 bridgehead atoms. The zero-order valence-corrected chi connectivity index (χ0v) is 8.50. The van der Waals surface area contributed by atoms with Crippen molar-refractivity contribution >= 4 is 12.1 Å². The average Bonchev–Trinajstić information content (AvgIpc) is 2.61. The van der Waals surface area contributed by atoms with Gasteiger partial charge in [-0.05, 0) is 5.56 Å². The number of aliphatic carboxylic acids is 1. The monoisotopic (exact) mass is 221 g/mol. The van der Waals surface area contributed by atoms with E-state index in [1.807, 2.05) is 30.3 Å². The molecule has 0 spiro atoms. The smallest absolute Gasteiger partial charge is 0.411 e. The quantitative estimate of drug-likeness (QED) is 0.834. The summed E-state index contributed by atoms with van der Waals surface area (Å²) in [5.74, 6) is -1.04. The predicted octanol–water partition coefficient (Wildman–Crippen LogP) is 1.26. The number of nitrogens with zero attached hydrogens (tertiary/aromatic N) is 1. The summed E-state index contributed by atoms with van der Waals surface area (Å²) in [7, 11) is 0. The topological polar surface area (TPSA) is 66.8 Å². The van der Waals surface area contributed by atoms with Crippen molar-refractivity contribution in [1.29, 1.82) is 0 Å². The Morgan fingerprint density at radius 2 is 2.12 bits per heavy atom. The first-order valence-corrected chi connectivity index (χ1v) is 4.89. The Hall–Kier alpha value is -2.04. The molecule has 16 heavy (non-hydrogen) atoms. The fourth-order valence-corrected chi connectivity index (χ4v) is 1.64. The zero-order valence-electron chi connectivity index (χ0n) is 8.50. The summed E-state index contributed by atoms with van der Waals surface area (Å²) in [6.07, 6.45) is -0.940. The van der Waals surface area contributed by atoms with E-state index in [0.717, 1.165) is 5.56 Å². The van der Waals surface area contributed by atoms with Crippen LogP contribution in [0.4, 0.5) is 4.79 Å². The van der Waals surface area contributed by atoms with E-state index in [-0.39, 0.29) is 19.2 Å². The van der Waals surface area contributed by atoms with Gasteiger partial charge in [-0.25, -0.2) is 4.79 Å². The third-order valence-corrected chi connectivity index (χ3v) is 2.38. The summed E-state index contributed by atoms with van der Waals surface area (Å²) in [6.45, 7) is -0.0304. The van der Waals surface area contributed by atoms with Gasteiger partial charge in [0.1, 0.15) is 12.6 Å². The molecule has 1 aliphatic heterocycles. The van der Waals surface area contributed by atoms with Crippen molar-refractivity contribution in [3.8, 4) is 0 Å². The van der Waals surface area contributed by atoms with Gasteiger partial charge in [0.2, 0.25) is 0 Å². The maximum Gasteiger partial charge on any atom is 0.411 e. The lowest BCUT2D eigenvalue weighted by Crippen LogP contribution is -2.30. The van der Waals surface area contributed by atoms with Crippen LogP contribution in [-0.4, -0.2) is 35.2 Å². The number of ether oxygens (including phenoxy) is 1. The number of hydrogen-bond donors (Lipinski definition) is 1. The van der Waals surface area contributed by atoms with Crippen LogP contribution in [0, 0.1) is 0 Å². The zero-order chi connectivity index (χ0) is 11.5. The van der Waals surface area contributed by atoms with Gasteiger partial charge in [-0.15, -0.1) is 0 Å². The maximum atomic E-state index is 11.3. The van der Waals surface area contributed by atoms with E-state index in [9.17, 15) is 9.59 Å². The van der Waals surface area contributed by atoms with Crippen LogP contribution < -0.4 is 0 Å². The van der Waals surface area contributed by atoms with Gasteiger partial charge in [-0.3, -0.25) is 9.69 Å². The second kappa shape index (κ2) is 4.22. The highest BCUT2D eigenvalue weighted by Crippen LogP contribution is 2.25. The van der Waals surface area contributed by atoms with E-state index in [1.54, 1.807) is 0 Å². The van der Waals surface area contributed by atoms with Crippen molar-refractivity contribution < 1.29 is 19.4 Å². The fraction of sp³-hybridized carbons (Fsp3) is 0.273. The minimum absolute atomic E-state index is 0.287. The summed E-state index contributed by atoms with van der Waals surface area (Å²) in [4.78, 5) is 23.0. The molecule has 1 aromatic carbocycles. The molecule has 0 aliphatic carbocycles. The highest BCUT2D eigenvalue weighted by atomic mass is 16.6. The van der Waals surface area contributed by atoms with Gasteiger partial charge in [0.15, 0.2) is 0 Å². The minimum Gasteiger partial charge on any atom is -0.480 e. The van der Waals surface area contributed by atoms with Gasteiger partial charge in [0.05, 0.1) is 6.54 Å². The Morgan fingerprint density at radius 3 is 2.75 bits per heavy atom. The lowest BCUT2D eigenvalue weighted by Gasteiger charge is -2.09. The van der Waals surface area contributed by atoms with Gasteiger partial charge >= 0.3 is 12.1 Å². The molecule has 0 aromatic heterocycles. The molecular formula is C11H11NO4. The molecule has 1 fully saturated rings. The molecule has 1 aromatic rings. The third kappa shape index (κ3) is 2.13. The van der Waals surface area contributed by atoms with Crippen LogP contribution in [0.3, 0.4) is 0 Å². The molecule has 1 atom stereocenters. The summed E-state index contributed by atoms with van der Waals surface area (Å²) >= 11 is 0. The number of carboxylic acid groups (broad SMARTS) is 1. The Labute approximate surface area is 92.2 Å². The molecular weight excluding hydrogens is 210 g/mol. The summed E-state index contributed by atoms with van der Waals surface area (Å²) in [5, 5.41) is 8.60. The maximum absolute atomic E-state index is 11.3. The SMILES string of the molecule is O=C(O)CN1CC(c2ccccc2)OC1=O. The van der Waals surface area contributed by atoms with Gasteiger partial charge in [0, 0.05) is 0 Å². The van der Waals surface area contributed by atoms with Crippen molar-refractivity contribution in [1.82, 2.24) is 4.90 Å². The molecule has 1 saturated heterocycles. The van der Waals surface area contributed by atoms with Gasteiger partial charge < -0.3 is 9.84 Å². The van der Waals surface area contributed by atoms with Crippen molar-refractivity contribution in [2.75, 3.05) is 13.1 Å². The first-order valence-electron chi connectivity index (χ1n) is 4.89. The summed E-state index contributed by atoms with van der Waals surface area (Å²) < 4.78 is 5.08. The highest BCUT2D eigenvalue weighted by molar-refractivity contribution is 5.78. The number of hydrogen-bond acceptors (Lipinski definition) is 3. The fourth-order valence-electron chi connectivity index (χ4n) is 1.64. The summed E-state index contributed by atoms with van der Waals surface area (Å²) in [6, 6.07) is 9.27. The molecule has 0 saturated carbocycles. The molecule has 5 nitrogen and oxygen atoms in total. The number of rotatable bonds is 3. The summed E-state index contributed by atoms with van der Waals surface area (Å²) in [5.41, 5.74) is 0.878. The second-order valence-corrected chi connectivity index (χ2v) is 3.56. The van der Waals surface area contributed by atoms with Gasteiger partial charge in [-0.2, -0.15) is 0 Å². The third-order valence-electron chi connectivity index (χ3n) is 2.38. The minimum atomic E-state index is -1.04. The lowest BCUT2D eigenvalue weighted by molar-refractivity contribution is -0.137. The normalized spacial score (nSPS) is 19.6. The molecule has 0 radical (unpaired) electrons. The molecule has 1 heterocycles. The van der Waals surface area contributed by atoms with E-state index in [4.69, 9.17) is 9.84 Å². The Balaban J connectivity index is 2.07. The van der Waals surface area contributed by atoms with Crippen molar-refractivity contribution in [2.45, 2.75) is 6.10 Å². The van der Waals surface area contributed by atoms with Crippen LogP contribution in [0.2, 0.25) is 0 Å². The number of carboxylic acids is 1. The average molecular weight is 221 g/mol.